The van der Waals surface area contributed by atoms with Gasteiger partial charge in [0.1, 0.15) is 0 Å². The Morgan fingerprint density at radius 2 is 2.12 bits per heavy atom. The van der Waals surface area contributed by atoms with E-state index in [1.807, 2.05) is 0 Å². The molecular weight excluding hydrogens is 218 g/mol. The van der Waals surface area contributed by atoms with E-state index in [9.17, 15) is 0 Å². The summed E-state index contributed by atoms with van der Waals surface area (Å²) in [6.45, 7) is 9.86. The molecule has 0 aliphatic carbocycles. The van der Waals surface area contributed by atoms with E-state index < -0.39 is 0 Å². The first-order chi connectivity index (χ1) is 7.72. The zero-order valence-electron chi connectivity index (χ0n) is 10.5. The Kier molecular flexibility index (Phi) is 5.98. The number of nitrogens with one attached hydrogen (secondary N) is 1. The predicted molar refractivity (Wildman–Crippen MR) is 71.5 cm³/mol. The Hall–Kier alpha value is -0.420. The van der Waals surface area contributed by atoms with Crippen LogP contribution in [0.4, 0.5) is 0 Å². The van der Waals surface area contributed by atoms with Crippen molar-refractivity contribution in [3.8, 4) is 0 Å². The molecule has 0 aliphatic rings. The second kappa shape index (κ2) is 7.01. The molecule has 1 unspecified atom stereocenters. The summed E-state index contributed by atoms with van der Waals surface area (Å²) in [6.07, 6.45) is 1.07. The molecule has 92 valence electrons. The number of hydrogen-bond acceptors (Lipinski definition) is 4. The van der Waals surface area contributed by atoms with E-state index in [-0.39, 0.29) is 6.04 Å². The fourth-order valence-corrected chi connectivity index (χ4v) is 2.70. The maximum atomic E-state index is 5.64. The Labute approximate surface area is 103 Å². The molecule has 0 bridgehead atoms. The quantitative estimate of drug-likeness (QED) is 0.568. The van der Waals surface area contributed by atoms with Crippen LogP contribution in [-0.4, -0.2) is 24.5 Å². The zero-order valence-corrected chi connectivity index (χ0v) is 11.3. The second-order valence-electron chi connectivity index (χ2n) is 3.97. The van der Waals surface area contributed by atoms with Gasteiger partial charge in [0.25, 0.3) is 0 Å². The van der Waals surface area contributed by atoms with Gasteiger partial charge in [-0.15, -0.1) is 11.3 Å². The van der Waals surface area contributed by atoms with Gasteiger partial charge in [0.2, 0.25) is 0 Å². The standard InChI is InChI=1S/C12H23N3S/c1-4-15(5-2)8-6-12(14-13)11-7-9-16-10(11)3/h7,9,12,14H,4-6,8,13H2,1-3H3. The molecule has 1 aromatic rings. The molecule has 0 spiro atoms. The van der Waals surface area contributed by atoms with Crippen molar-refractivity contribution in [2.24, 2.45) is 5.84 Å². The highest BCUT2D eigenvalue weighted by atomic mass is 32.1. The van der Waals surface area contributed by atoms with E-state index in [1.54, 1.807) is 11.3 Å². The van der Waals surface area contributed by atoms with Gasteiger partial charge < -0.3 is 4.90 Å². The average Bonchev–Trinajstić information content (AvgIpc) is 2.71. The Bertz CT molecular complexity index is 294. The normalized spacial score (nSPS) is 13.3. The van der Waals surface area contributed by atoms with Crippen LogP contribution in [0.5, 0.6) is 0 Å². The minimum Gasteiger partial charge on any atom is -0.304 e. The third-order valence-corrected chi connectivity index (χ3v) is 3.97. The maximum Gasteiger partial charge on any atom is 0.0483 e. The molecule has 0 saturated carbocycles. The van der Waals surface area contributed by atoms with E-state index >= 15 is 0 Å². The molecule has 1 aromatic heterocycles. The lowest BCUT2D eigenvalue weighted by molar-refractivity contribution is 0.282. The highest BCUT2D eigenvalue weighted by Gasteiger charge is 2.13. The number of aryl methyl sites for hydroxylation is 1. The van der Waals surface area contributed by atoms with Crippen molar-refractivity contribution in [2.45, 2.75) is 33.2 Å². The minimum absolute atomic E-state index is 0.284. The highest BCUT2D eigenvalue weighted by molar-refractivity contribution is 7.10. The number of nitrogens with zero attached hydrogens (tertiary/aromatic N) is 1. The largest absolute Gasteiger partial charge is 0.304 e. The number of hydrazine groups is 1. The Morgan fingerprint density at radius 1 is 1.44 bits per heavy atom. The van der Waals surface area contributed by atoms with Crippen LogP contribution in [0.25, 0.3) is 0 Å². The van der Waals surface area contributed by atoms with Crippen LogP contribution in [0.15, 0.2) is 11.4 Å². The van der Waals surface area contributed by atoms with Gasteiger partial charge in [-0.05, 0) is 50.0 Å². The summed E-state index contributed by atoms with van der Waals surface area (Å²) in [5.74, 6) is 5.64. The molecule has 0 aliphatic heterocycles. The first-order valence-electron chi connectivity index (χ1n) is 5.95. The Morgan fingerprint density at radius 3 is 2.56 bits per heavy atom. The molecule has 1 atom stereocenters. The molecule has 1 heterocycles. The van der Waals surface area contributed by atoms with E-state index in [2.05, 4.69) is 42.5 Å². The van der Waals surface area contributed by atoms with E-state index in [1.165, 1.54) is 10.4 Å². The van der Waals surface area contributed by atoms with Crippen molar-refractivity contribution in [3.05, 3.63) is 21.9 Å². The molecular formula is C12H23N3S. The molecule has 16 heavy (non-hydrogen) atoms. The molecule has 4 heteroatoms. The van der Waals surface area contributed by atoms with Gasteiger partial charge in [-0.2, -0.15) is 0 Å². The lowest BCUT2D eigenvalue weighted by Gasteiger charge is -2.22. The van der Waals surface area contributed by atoms with Crippen molar-refractivity contribution in [2.75, 3.05) is 19.6 Å². The SMILES string of the molecule is CCN(CC)CCC(NN)c1ccsc1C. The number of rotatable bonds is 7. The number of hydrogen-bond donors (Lipinski definition) is 2. The van der Waals surface area contributed by atoms with Crippen LogP contribution in [0.3, 0.4) is 0 Å². The van der Waals surface area contributed by atoms with Gasteiger partial charge >= 0.3 is 0 Å². The maximum absolute atomic E-state index is 5.64. The minimum atomic E-state index is 0.284. The van der Waals surface area contributed by atoms with Gasteiger partial charge in [0, 0.05) is 10.9 Å². The van der Waals surface area contributed by atoms with Crippen molar-refractivity contribution in [1.82, 2.24) is 10.3 Å². The summed E-state index contributed by atoms with van der Waals surface area (Å²) < 4.78 is 0. The first kappa shape index (κ1) is 13.6. The summed E-state index contributed by atoms with van der Waals surface area (Å²) in [5.41, 5.74) is 4.28. The van der Waals surface area contributed by atoms with Gasteiger partial charge in [-0.3, -0.25) is 11.3 Å². The summed E-state index contributed by atoms with van der Waals surface area (Å²) >= 11 is 1.78. The van der Waals surface area contributed by atoms with Gasteiger partial charge in [0.15, 0.2) is 0 Å². The third-order valence-electron chi connectivity index (χ3n) is 3.10. The van der Waals surface area contributed by atoms with Crippen LogP contribution >= 0.6 is 11.3 Å². The van der Waals surface area contributed by atoms with Crippen LogP contribution in [0.1, 0.15) is 36.8 Å². The summed E-state index contributed by atoms with van der Waals surface area (Å²) in [6, 6.07) is 2.46. The molecule has 3 nitrogen and oxygen atoms in total. The molecule has 0 radical (unpaired) electrons. The summed E-state index contributed by atoms with van der Waals surface area (Å²) in [7, 11) is 0. The topological polar surface area (TPSA) is 41.3 Å². The van der Waals surface area contributed by atoms with Gasteiger partial charge in [0.05, 0.1) is 0 Å². The molecule has 1 rings (SSSR count). The molecule has 0 fully saturated rings. The van der Waals surface area contributed by atoms with Crippen LogP contribution in [0.2, 0.25) is 0 Å². The van der Waals surface area contributed by atoms with Crippen LogP contribution in [-0.2, 0) is 0 Å². The fourth-order valence-electron chi connectivity index (χ4n) is 1.94. The summed E-state index contributed by atoms with van der Waals surface area (Å²) in [5, 5.41) is 2.13. The molecule has 3 N–H and O–H groups in total. The zero-order chi connectivity index (χ0) is 12.0. The highest BCUT2D eigenvalue weighted by Crippen LogP contribution is 2.24. The smallest absolute Gasteiger partial charge is 0.0483 e. The molecule has 0 saturated heterocycles. The number of nitrogens with two attached hydrogens (primary N) is 1. The van der Waals surface area contributed by atoms with Crippen LogP contribution in [0, 0.1) is 6.92 Å². The van der Waals surface area contributed by atoms with Crippen molar-refractivity contribution in [3.63, 3.8) is 0 Å². The van der Waals surface area contributed by atoms with E-state index in [4.69, 9.17) is 5.84 Å². The van der Waals surface area contributed by atoms with Gasteiger partial charge in [-0.1, -0.05) is 13.8 Å². The van der Waals surface area contributed by atoms with Gasteiger partial charge in [-0.25, -0.2) is 0 Å². The first-order valence-corrected chi connectivity index (χ1v) is 6.83. The van der Waals surface area contributed by atoms with E-state index in [0.29, 0.717) is 0 Å². The monoisotopic (exact) mass is 241 g/mol. The lowest BCUT2D eigenvalue weighted by Crippen LogP contribution is -2.32. The van der Waals surface area contributed by atoms with Crippen LogP contribution < -0.4 is 11.3 Å². The lowest BCUT2D eigenvalue weighted by atomic mass is 10.1. The van der Waals surface area contributed by atoms with E-state index in [0.717, 1.165) is 26.1 Å². The summed E-state index contributed by atoms with van der Waals surface area (Å²) in [4.78, 5) is 3.79. The second-order valence-corrected chi connectivity index (χ2v) is 5.09. The average molecular weight is 241 g/mol. The van der Waals surface area contributed by atoms with Crippen molar-refractivity contribution in [1.29, 1.82) is 0 Å². The molecule has 0 amide bonds. The van der Waals surface area contributed by atoms with Crippen molar-refractivity contribution < 1.29 is 0 Å². The van der Waals surface area contributed by atoms with Crippen molar-refractivity contribution >= 4 is 11.3 Å². The Balaban J connectivity index is 2.53. The fraction of sp³-hybridized carbons (Fsp3) is 0.667. The third kappa shape index (κ3) is 3.56. The number of thiophene rings is 1. The predicted octanol–water partition coefficient (Wildman–Crippen LogP) is 2.29. The molecule has 0 aromatic carbocycles.